The molecule has 0 saturated carbocycles. The van der Waals surface area contributed by atoms with Gasteiger partial charge in [0, 0.05) is 44.5 Å². The number of pyridine rings is 1. The minimum Gasteiger partial charge on any atom is -0.327 e. The fourth-order valence-electron chi connectivity index (χ4n) is 2.99. The number of hydrogen-bond donors (Lipinski definition) is 1. The first-order chi connectivity index (χ1) is 12.2. The van der Waals surface area contributed by atoms with E-state index in [0.29, 0.717) is 12.5 Å². The fourth-order valence-corrected chi connectivity index (χ4v) is 2.99. The van der Waals surface area contributed by atoms with Crippen LogP contribution in [0, 0.1) is 5.92 Å². The maximum atomic E-state index is 12.4. The summed E-state index contributed by atoms with van der Waals surface area (Å²) in [4.78, 5) is 18.4. The molecule has 0 aromatic carbocycles. The molecule has 0 bridgehead atoms. The molecule has 1 aliphatic rings. The van der Waals surface area contributed by atoms with Gasteiger partial charge in [-0.05, 0) is 37.3 Å². The number of anilines is 1. The molecule has 0 radical (unpaired) electrons. The third-order valence-corrected chi connectivity index (χ3v) is 4.54. The van der Waals surface area contributed by atoms with Crippen LogP contribution in [0.2, 0.25) is 0 Å². The lowest BCUT2D eigenvalue weighted by Gasteiger charge is -2.21. The van der Waals surface area contributed by atoms with E-state index in [1.165, 1.54) is 6.42 Å². The van der Waals surface area contributed by atoms with E-state index in [-0.39, 0.29) is 6.03 Å². The number of hydrogen-bond acceptors (Lipinski definition) is 3. The van der Waals surface area contributed by atoms with Crippen molar-refractivity contribution in [2.24, 2.45) is 5.92 Å². The van der Waals surface area contributed by atoms with Crippen molar-refractivity contribution in [2.45, 2.75) is 32.2 Å². The summed E-state index contributed by atoms with van der Waals surface area (Å²) >= 11 is 0. The van der Waals surface area contributed by atoms with Gasteiger partial charge in [-0.1, -0.05) is 18.2 Å². The second-order valence-electron chi connectivity index (χ2n) is 6.47. The SMILES string of the molecule is CN(CCc1ccccn1)C(=O)Nc1ccnn1C[C@H]1CC=CCC1. The number of allylic oxidation sites excluding steroid dienone is 2. The third-order valence-electron chi connectivity index (χ3n) is 4.54. The van der Waals surface area contributed by atoms with Crippen molar-refractivity contribution in [3.05, 3.63) is 54.5 Å². The molecule has 1 aliphatic carbocycles. The molecule has 3 rings (SSSR count). The van der Waals surface area contributed by atoms with E-state index in [0.717, 1.165) is 37.3 Å². The van der Waals surface area contributed by atoms with E-state index >= 15 is 0 Å². The summed E-state index contributed by atoms with van der Waals surface area (Å²) in [5.74, 6) is 1.34. The van der Waals surface area contributed by atoms with Crippen LogP contribution in [-0.2, 0) is 13.0 Å². The summed E-state index contributed by atoms with van der Waals surface area (Å²) < 4.78 is 1.90. The van der Waals surface area contributed by atoms with E-state index in [9.17, 15) is 4.79 Å². The maximum absolute atomic E-state index is 12.4. The summed E-state index contributed by atoms with van der Waals surface area (Å²) in [5, 5.41) is 7.33. The van der Waals surface area contributed by atoms with Crippen molar-refractivity contribution >= 4 is 11.8 Å². The monoisotopic (exact) mass is 339 g/mol. The predicted octanol–water partition coefficient (Wildman–Crippen LogP) is 3.34. The number of amides is 2. The van der Waals surface area contributed by atoms with E-state index in [2.05, 4.69) is 27.6 Å². The second-order valence-corrected chi connectivity index (χ2v) is 6.47. The third kappa shape index (κ3) is 4.92. The van der Waals surface area contributed by atoms with Gasteiger partial charge < -0.3 is 4.90 Å². The van der Waals surface area contributed by atoms with Crippen LogP contribution in [0.25, 0.3) is 0 Å². The Bertz CT molecular complexity index is 710. The van der Waals surface area contributed by atoms with E-state index in [1.54, 1.807) is 24.3 Å². The molecule has 1 atom stereocenters. The van der Waals surface area contributed by atoms with Gasteiger partial charge in [0.15, 0.2) is 0 Å². The molecular formula is C19H25N5O. The molecule has 1 N–H and O–H groups in total. The zero-order valence-corrected chi connectivity index (χ0v) is 14.6. The average Bonchev–Trinajstić information content (AvgIpc) is 3.08. The largest absolute Gasteiger partial charge is 0.327 e. The number of carbonyl (C=O) groups excluding carboxylic acids is 1. The highest BCUT2D eigenvalue weighted by molar-refractivity contribution is 5.88. The number of nitrogens with zero attached hydrogens (tertiary/aromatic N) is 4. The predicted molar refractivity (Wildman–Crippen MR) is 98.3 cm³/mol. The number of nitrogens with one attached hydrogen (secondary N) is 1. The first-order valence-electron chi connectivity index (χ1n) is 8.81. The molecule has 0 spiro atoms. The van der Waals surface area contributed by atoms with Gasteiger partial charge in [-0.15, -0.1) is 0 Å². The Morgan fingerprint density at radius 3 is 3.00 bits per heavy atom. The van der Waals surface area contributed by atoms with Gasteiger partial charge in [0.05, 0.1) is 6.20 Å². The van der Waals surface area contributed by atoms with Crippen LogP contribution in [0.15, 0.2) is 48.8 Å². The topological polar surface area (TPSA) is 63.1 Å². The highest BCUT2D eigenvalue weighted by Gasteiger charge is 2.15. The van der Waals surface area contributed by atoms with Gasteiger partial charge in [0.2, 0.25) is 0 Å². The van der Waals surface area contributed by atoms with Crippen molar-refractivity contribution in [2.75, 3.05) is 18.9 Å². The first-order valence-corrected chi connectivity index (χ1v) is 8.81. The minimum atomic E-state index is -0.124. The molecule has 2 amide bonds. The molecule has 2 heterocycles. The minimum absolute atomic E-state index is 0.124. The average molecular weight is 339 g/mol. The van der Waals surface area contributed by atoms with Crippen molar-refractivity contribution in [3.8, 4) is 0 Å². The van der Waals surface area contributed by atoms with Crippen molar-refractivity contribution in [1.82, 2.24) is 19.7 Å². The van der Waals surface area contributed by atoms with Gasteiger partial charge >= 0.3 is 6.03 Å². The molecule has 25 heavy (non-hydrogen) atoms. The lowest BCUT2D eigenvalue weighted by atomic mass is 9.94. The molecule has 0 saturated heterocycles. The van der Waals surface area contributed by atoms with E-state index in [4.69, 9.17) is 0 Å². The molecule has 6 nitrogen and oxygen atoms in total. The van der Waals surface area contributed by atoms with Crippen molar-refractivity contribution < 1.29 is 4.79 Å². The Hall–Kier alpha value is -2.63. The van der Waals surface area contributed by atoms with E-state index < -0.39 is 0 Å². The fraction of sp³-hybridized carbons (Fsp3) is 0.421. The Kier molecular flexibility index (Phi) is 5.82. The summed E-state index contributed by atoms with van der Waals surface area (Å²) in [5.41, 5.74) is 0.984. The second kappa shape index (κ2) is 8.46. The highest BCUT2D eigenvalue weighted by atomic mass is 16.2. The summed E-state index contributed by atoms with van der Waals surface area (Å²) in [6.07, 6.45) is 12.1. The number of aromatic nitrogens is 3. The van der Waals surface area contributed by atoms with Crippen LogP contribution in [0.5, 0.6) is 0 Å². The quantitative estimate of drug-likeness (QED) is 0.821. The number of rotatable bonds is 6. The molecule has 0 aliphatic heterocycles. The Morgan fingerprint density at radius 1 is 1.32 bits per heavy atom. The smallest absolute Gasteiger partial charge is 0.322 e. The molecule has 0 unspecified atom stereocenters. The maximum Gasteiger partial charge on any atom is 0.322 e. The van der Waals surface area contributed by atoms with Gasteiger partial charge in [0.1, 0.15) is 5.82 Å². The lowest BCUT2D eigenvalue weighted by Crippen LogP contribution is -2.34. The summed E-state index contributed by atoms with van der Waals surface area (Å²) in [6.45, 7) is 1.45. The lowest BCUT2D eigenvalue weighted by molar-refractivity contribution is 0.222. The van der Waals surface area contributed by atoms with Gasteiger partial charge in [0.25, 0.3) is 0 Å². The van der Waals surface area contributed by atoms with Gasteiger partial charge in [-0.25, -0.2) is 9.48 Å². The van der Waals surface area contributed by atoms with Gasteiger partial charge in [-0.3, -0.25) is 10.3 Å². The zero-order valence-electron chi connectivity index (χ0n) is 14.6. The van der Waals surface area contributed by atoms with Crippen LogP contribution in [-0.4, -0.2) is 39.3 Å². The number of urea groups is 1. The Balaban J connectivity index is 1.52. The van der Waals surface area contributed by atoms with Crippen LogP contribution >= 0.6 is 0 Å². The highest BCUT2D eigenvalue weighted by Crippen LogP contribution is 2.21. The molecule has 0 fully saturated rings. The van der Waals surface area contributed by atoms with Crippen LogP contribution < -0.4 is 5.32 Å². The molecule has 132 valence electrons. The van der Waals surface area contributed by atoms with Crippen LogP contribution in [0.1, 0.15) is 25.0 Å². The van der Waals surface area contributed by atoms with Crippen LogP contribution in [0.3, 0.4) is 0 Å². The first kappa shape index (κ1) is 17.2. The molecule has 2 aromatic rings. The van der Waals surface area contributed by atoms with Crippen molar-refractivity contribution in [1.29, 1.82) is 0 Å². The molecule has 2 aromatic heterocycles. The van der Waals surface area contributed by atoms with Gasteiger partial charge in [-0.2, -0.15) is 5.10 Å². The Labute approximate surface area is 148 Å². The van der Waals surface area contributed by atoms with Crippen molar-refractivity contribution in [3.63, 3.8) is 0 Å². The normalized spacial score (nSPS) is 16.6. The molecular weight excluding hydrogens is 314 g/mol. The van der Waals surface area contributed by atoms with E-state index in [1.807, 2.05) is 28.9 Å². The summed E-state index contributed by atoms with van der Waals surface area (Å²) in [6, 6.07) is 7.55. The standard InChI is InChI=1S/C19H25N5O/c1-23(14-11-17-9-5-6-12-20-17)19(25)22-18-10-13-21-24(18)15-16-7-3-2-4-8-16/h2-3,5-6,9-10,12-13,16H,4,7-8,11,14-15H2,1H3,(H,22,25)/t16-/m0/s1. The van der Waals surface area contributed by atoms with Crippen LogP contribution in [0.4, 0.5) is 10.6 Å². The zero-order chi connectivity index (χ0) is 17.5. The summed E-state index contributed by atoms with van der Waals surface area (Å²) in [7, 11) is 1.80. The Morgan fingerprint density at radius 2 is 2.24 bits per heavy atom. The number of likely N-dealkylation sites (N-methyl/N-ethyl adjacent to an activating group) is 1. The number of carbonyl (C=O) groups is 1. The molecule has 6 heteroatoms.